The number of amides is 1. The minimum Gasteiger partial charge on any atom is -0.442 e. The Kier molecular flexibility index (Phi) is 6.51. The second kappa shape index (κ2) is 10.2. The molecule has 6 rings (SSSR count). The van der Waals surface area contributed by atoms with Gasteiger partial charge in [0.05, 0.1) is 49.6 Å². The first-order valence-electron chi connectivity index (χ1n) is 12.1. The van der Waals surface area contributed by atoms with Crippen LogP contribution >= 0.6 is 0 Å². The van der Waals surface area contributed by atoms with Crippen molar-refractivity contribution in [1.82, 2.24) is 30.4 Å². The van der Waals surface area contributed by atoms with Crippen molar-refractivity contribution in [2.24, 2.45) is 0 Å². The minimum atomic E-state index is -0.519. The van der Waals surface area contributed by atoms with Crippen molar-refractivity contribution >= 4 is 17.5 Å². The number of carbonyl (C=O) groups is 1. The van der Waals surface area contributed by atoms with Crippen LogP contribution in [0.3, 0.4) is 0 Å². The number of rotatable bonds is 7. The molecule has 0 aliphatic carbocycles. The summed E-state index contributed by atoms with van der Waals surface area (Å²) in [5, 5.41) is 7.64. The van der Waals surface area contributed by atoms with Crippen molar-refractivity contribution in [1.29, 1.82) is 0 Å². The van der Waals surface area contributed by atoms with Crippen LogP contribution in [0.2, 0.25) is 0 Å². The number of aromatic nitrogens is 4. The molecule has 2 saturated heterocycles. The summed E-state index contributed by atoms with van der Waals surface area (Å²) in [6, 6.07) is 8.34. The van der Waals surface area contributed by atoms with Crippen molar-refractivity contribution in [3.63, 3.8) is 0 Å². The number of morpholine rings is 1. The number of benzene rings is 1. The Morgan fingerprint density at radius 1 is 1.14 bits per heavy atom. The van der Waals surface area contributed by atoms with E-state index in [9.17, 15) is 4.79 Å². The first-order chi connectivity index (χ1) is 18.1. The molecule has 3 aliphatic heterocycles. The second-order valence-corrected chi connectivity index (χ2v) is 9.09. The number of hydrogen-bond acceptors (Lipinski definition) is 9. The molecule has 1 amide bonds. The quantitative estimate of drug-likeness (QED) is 0.514. The predicted molar refractivity (Wildman–Crippen MR) is 131 cm³/mol. The summed E-state index contributed by atoms with van der Waals surface area (Å²) < 4.78 is 27.5. The number of carbonyl (C=O) groups excluding carboxylic acids is 1. The lowest BCUT2D eigenvalue weighted by atomic mass is 10.1. The molecule has 0 saturated carbocycles. The molecule has 2 atom stereocenters. The van der Waals surface area contributed by atoms with Gasteiger partial charge in [-0.05, 0) is 30.3 Å². The zero-order valence-corrected chi connectivity index (χ0v) is 20.0. The molecule has 11 nitrogen and oxygen atoms in total. The maximum absolute atomic E-state index is 15.1. The van der Waals surface area contributed by atoms with Crippen LogP contribution in [0, 0.1) is 5.82 Å². The molecule has 2 fully saturated rings. The molecule has 3 aliphatic rings. The van der Waals surface area contributed by atoms with E-state index in [1.807, 2.05) is 18.2 Å². The topological polar surface area (TPSA) is 107 Å². The van der Waals surface area contributed by atoms with Crippen molar-refractivity contribution in [2.45, 2.75) is 18.8 Å². The number of nitrogens with zero attached hydrogens (tertiary/aromatic N) is 6. The van der Waals surface area contributed by atoms with Gasteiger partial charge in [0.2, 0.25) is 0 Å². The normalized spacial score (nSPS) is 22.1. The molecule has 3 aromatic rings. The standard InChI is InChI=1S/C25H26FN7O4/c26-22-11-18(33-16-20(36-25(33)34)15-32-6-5-28-30-32)2-3-21(22)17-1-4-23(27-13-17)24-12-19(37-29-24)14-31-7-9-35-10-8-31/h1-6,11-13,19-20,29H,7-10,14-16H2/t19-,20+/m1/s1. The fraction of sp³-hybridized carbons (Fsp3) is 0.360. The van der Waals surface area contributed by atoms with Crippen LogP contribution in [0.15, 0.2) is 55.0 Å². The Balaban J connectivity index is 1.11. The number of halogens is 1. The van der Waals surface area contributed by atoms with Gasteiger partial charge < -0.3 is 9.47 Å². The van der Waals surface area contributed by atoms with Crippen LogP contribution in [0.5, 0.6) is 0 Å². The van der Waals surface area contributed by atoms with Gasteiger partial charge in [0.15, 0.2) is 0 Å². The van der Waals surface area contributed by atoms with Crippen molar-refractivity contribution in [3.05, 3.63) is 66.5 Å². The molecule has 0 unspecified atom stereocenters. The predicted octanol–water partition coefficient (Wildman–Crippen LogP) is 2.08. The third kappa shape index (κ3) is 5.17. The third-order valence-electron chi connectivity index (χ3n) is 6.57. The lowest BCUT2D eigenvalue weighted by Gasteiger charge is -2.27. The van der Waals surface area contributed by atoms with Gasteiger partial charge in [-0.1, -0.05) is 11.3 Å². The monoisotopic (exact) mass is 507 g/mol. The largest absolute Gasteiger partial charge is 0.442 e. The van der Waals surface area contributed by atoms with Crippen LogP contribution in [0.1, 0.15) is 5.69 Å². The zero-order valence-electron chi connectivity index (χ0n) is 20.0. The average molecular weight is 508 g/mol. The first-order valence-corrected chi connectivity index (χ1v) is 12.1. The Labute approximate surface area is 212 Å². The number of pyridine rings is 1. The zero-order chi connectivity index (χ0) is 25.2. The molecular weight excluding hydrogens is 481 g/mol. The highest BCUT2D eigenvalue weighted by Gasteiger charge is 2.33. The van der Waals surface area contributed by atoms with E-state index >= 15 is 4.39 Å². The summed E-state index contributed by atoms with van der Waals surface area (Å²) in [6.45, 7) is 4.72. The maximum Gasteiger partial charge on any atom is 0.414 e. The number of ether oxygens (including phenoxy) is 2. The van der Waals surface area contributed by atoms with E-state index in [2.05, 4.69) is 25.7 Å². The molecule has 12 heteroatoms. The van der Waals surface area contributed by atoms with E-state index in [-0.39, 0.29) is 6.10 Å². The molecule has 0 bridgehead atoms. The Hall–Kier alpha value is -3.87. The summed E-state index contributed by atoms with van der Waals surface area (Å²) in [6.07, 6.45) is 5.90. The van der Waals surface area contributed by atoms with Gasteiger partial charge in [0.1, 0.15) is 18.0 Å². The summed E-state index contributed by atoms with van der Waals surface area (Å²) >= 11 is 0. The molecule has 192 valence electrons. The van der Waals surface area contributed by atoms with E-state index in [4.69, 9.17) is 14.3 Å². The number of anilines is 1. The van der Waals surface area contributed by atoms with Crippen molar-refractivity contribution < 1.29 is 23.5 Å². The fourth-order valence-corrected chi connectivity index (χ4v) is 4.64. The van der Waals surface area contributed by atoms with Gasteiger partial charge in [-0.15, -0.1) is 5.10 Å². The van der Waals surface area contributed by atoms with Crippen LogP contribution in [-0.2, 0) is 20.9 Å². The number of cyclic esters (lactones) is 1. The number of nitrogens with one attached hydrogen (secondary N) is 1. The van der Waals surface area contributed by atoms with Crippen LogP contribution in [0.4, 0.5) is 14.9 Å². The van der Waals surface area contributed by atoms with E-state index in [1.165, 1.54) is 11.0 Å². The van der Waals surface area contributed by atoms with E-state index in [0.29, 0.717) is 35.6 Å². The van der Waals surface area contributed by atoms with E-state index in [1.54, 1.807) is 35.4 Å². The summed E-state index contributed by atoms with van der Waals surface area (Å²) in [5.74, 6) is -0.452. The van der Waals surface area contributed by atoms with Gasteiger partial charge in [-0.25, -0.2) is 13.9 Å². The smallest absolute Gasteiger partial charge is 0.414 e. The van der Waals surface area contributed by atoms with Gasteiger partial charge in [-0.2, -0.15) is 0 Å². The Bertz CT molecular complexity index is 1280. The summed E-state index contributed by atoms with van der Waals surface area (Å²) in [5.41, 5.74) is 5.90. The highest BCUT2D eigenvalue weighted by molar-refractivity contribution is 5.90. The number of hydrogen-bond donors (Lipinski definition) is 1. The number of hydroxylamine groups is 1. The van der Waals surface area contributed by atoms with E-state index < -0.39 is 18.0 Å². The fourth-order valence-electron chi connectivity index (χ4n) is 4.64. The van der Waals surface area contributed by atoms with Crippen LogP contribution < -0.4 is 10.4 Å². The Morgan fingerprint density at radius 3 is 2.78 bits per heavy atom. The third-order valence-corrected chi connectivity index (χ3v) is 6.57. The summed E-state index contributed by atoms with van der Waals surface area (Å²) in [7, 11) is 0. The lowest BCUT2D eigenvalue weighted by molar-refractivity contribution is -0.00802. The second-order valence-electron chi connectivity index (χ2n) is 9.09. The van der Waals surface area contributed by atoms with Gasteiger partial charge in [0.25, 0.3) is 0 Å². The Morgan fingerprint density at radius 2 is 2.03 bits per heavy atom. The molecule has 0 radical (unpaired) electrons. The van der Waals surface area contributed by atoms with Crippen molar-refractivity contribution in [2.75, 3.05) is 44.3 Å². The van der Waals surface area contributed by atoms with Crippen LogP contribution in [-0.4, -0.2) is 82.6 Å². The molecule has 1 N–H and O–H groups in total. The lowest BCUT2D eigenvalue weighted by Crippen LogP contribution is -2.40. The van der Waals surface area contributed by atoms with Gasteiger partial charge in [0, 0.05) is 43.2 Å². The first kappa shape index (κ1) is 23.5. The average Bonchev–Trinajstić information content (AvgIpc) is 3.67. The van der Waals surface area contributed by atoms with Gasteiger partial charge in [-0.3, -0.25) is 25.1 Å². The van der Waals surface area contributed by atoms with E-state index in [0.717, 1.165) is 38.5 Å². The molecule has 1 aromatic carbocycles. The molecule has 5 heterocycles. The highest BCUT2D eigenvalue weighted by atomic mass is 19.1. The minimum absolute atomic E-state index is 0.0762. The van der Waals surface area contributed by atoms with Crippen LogP contribution in [0.25, 0.3) is 16.8 Å². The molecule has 2 aromatic heterocycles. The summed E-state index contributed by atoms with van der Waals surface area (Å²) in [4.78, 5) is 26.3. The van der Waals surface area contributed by atoms with Gasteiger partial charge >= 0.3 is 6.09 Å². The molecule has 0 spiro atoms. The molecular formula is C25H26FN7O4. The SMILES string of the molecule is O=C1O[C@@H](Cn2ccnn2)CN1c1ccc(-c2ccc(C3=C[C@H](CN4CCOCC4)ON3)nc2)c(F)c1. The van der Waals surface area contributed by atoms with Crippen molar-refractivity contribution in [3.8, 4) is 11.1 Å². The highest BCUT2D eigenvalue weighted by Crippen LogP contribution is 2.30. The molecule has 37 heavy (non-hydrogen) atoms. The maximum atomic E-state index is 15.1.